The second kappa shape index (κ2) is 5.23. The third-order valence-corrected chi connectivity index (χ3v) is 3.02. The fraction of sp³-hybridized carbons (Fsp3) is 0.231. The number of methoxy groups -OCH3 is 2. The average Bonchev–Trinajstić information content (AvgIpc) is 2.44. The van der Waals surface area contributed by atoms with Crippen LogP contribution in [-0.2, 0) is 0 Å². The number of carbonyl (C=O) groups is 1. The van der Waals surface area contributed by atoms with Gasteiger partial charge in [-0.05, 0) is 24.4 Å². The highest BCUT2D eigenvalue weighted by Gasteiger charge is 2.27. The highest BCUT2D eigenvalue weighted by Crippen LogP contribution is 2.43. The molecule has 0 atom stereocenters. The zero-order valence-electron chi connectivity index (χ0n) is 11.5. The largest absolute Gasteiger partial charge is 0.493 e. The fourth-order valence-electron chi connectivity index (χ4n) is 2.19. The lowest BCUT2D eigenvalue weighted by Gasteiger charge is -2.12. The second-order valence-corrected chi connectivity index (χ2v) is 4.21. The molecule has 8 heteroatoms. The highest BCUT2D eigenvalue weighted by atomic mass is 16.6. The lowest BCUT2D eigenvalue weighted by atomic mass is 10.1. The Bertz CT molecular complexity index is 756. The minimum absolute atomic E-state index is 0.0250. The number of hydrogen-bond acceptors (Lipinski definition) is 6. The van der Waals surface area contributed by atoms with Crippen LogP contribution in [-0.4, -0.2) is 35.2 Å². The number of hydrogen-bond donors (Lipinski definition) is 1. The molecule has 0 spiro atoms. The van der Waals surface area contributed by atoms with Gasteiger partial charge in [-0.1, -0.05) is 0 Å². The molecular weight excluding hydrogens is 280 g/mol. The molecule has 1 heterocycles. The van der Waals surface area contributed by atoms with Crippen molar-refractivity contribution in [2.24, 2.45) is 0 Å². The first kappa shape index (κ1) is 14.5. The van der Waals surface area contributed by atoms with Gasteiger partial charge in [0.2, 0.25) is 5.75 Å². The summed E-state index contributed by atoms with van der Waals surface area (Å²) < 4.78 is 10.1. The minimum atomic E-state index is -1.21. The van der Waals surface area contributed by atoms with Crippen molar-refractivity contribution in [1.29, 1.82) is 0 Å². The van der Waals surface area contributed by atoms with Gasteiger partial charge in [0.1, 0.15) is 5.69 Å². The van der Waals surface area contributed by atoms with Crippen LogP contribution in [0, 0.1) is 17.0 Å². The molecule has 2 rings (SSSR count). The molecule has 0 unspecified atom stereocenters. The molecule has 1 N–H and O–H groups in total. The Hall–Kier alpha value is -2.90. The zero-order chi connectivity index (χ0) is 15.7. The molecule has 1 aromatic heterocycles. The Morgan fingerprint density at radius 3 is 2.48 bits per heavy atom. The number of benzene rings is 1. The van der Waals surface area contributed by atoms with Crippen molar-refractivity contribution < 1.29 is 24.3 Å². The monoisotopic (exact) mass is 292 g/mol. The standard InChI is InChI=1S/C13H12N2O6/c1-6-10-7(4-8(14-6)13(16)17)5-9(20-2)12(21-3)11(10)15(18)19/h4-5H,1-3H3,(H,16,17). The van der Waals surface area contributed by atoms with Gasteiger partial charge in [0, 0.05) is 0 Å². The molecule has 0 saturated carbocycles. The Labute approximate surface area is 119 Å². The molecule has 0 fully saturated rings. The normalized spacial score (nSPS) is 10.4. The average molecular weight is 292 g/mol. The van der Waals surface area contributed by atoms with Gasteiger partial charge >= 0.3 is 11.7 Å². The van der Waals surface area contributed by atoms with Gasteiger partial charge in [-0.25, -0.2) is 9.78 Å². The van der Waals surface area contributed by atoms with Crippen LogP contribution in [0.2, 0.25) is 0 Å². The van der Waals surface area contributed by atoms with Crippen LogP contribution in [0.15, 0.2) is 12.1 Å². The van der Waals surface area contributed by atoms with E-state index in [1.165, 1.54) is 33.3 Å². The first-order valence-corrected chi connectivity index (χ1v) is 5.84. The Morgan fingerprint density at radius 2 is 2.00 bits per heavy atom. The molecule has 21 heavy (non-hydrogen) atoms. The van der Waals surface area contributed by atoms with E-state index in [2.05, 4.69) is 4.98 Å². The third-order valence-electron chi connectivity index (χ3n) is 3.02. The third kappa shape index (κ3) is 2.31. The predicted molar refractivity (Wildman–Crippen MR) is 73.2 cm³/mol. The lowest BCUT2D eigenvalue weighted by Crippen LogP contribution is -2.04. The number of aromatic carboxylic acids is 1. The molecule has 0 aliphatic heterocycles. The molecule has 0 aliphatic rings. The summed E-state index contributed by atoms with van der Waals surface area (Å²) in [7, 11) is 2.64. The molecular formula is C13H12N2O6. The van der Waals surface area contributed by atoms with Crippen LogP contribution in [0.25, 0.3) is 10.8 Å². The van der Waals surface area contributed by atoms with Crippen molar-refractivity contribution in [2.75, 3.05) is 14.2 Å². The maximum atomic E-state index is 11.4. The van der Waals surface area contributed by atoms with Crippen molar-refractivity contribution in [3.8, 4) is 11.5 Å². The summed E-state index contributed by atoms with van der Waals surface area (Å²) in [6.07, 6.45) is 0. The highest BCUT2D eigenvalue weighted by molar-refractivity contribution is 6.00. The summed E-state index contributed by atoms with van der Waals surface area (Å²) in [6.45, 7) is 1.51. The van der Waals surface area contributed by atoms with Crippen molar-refractivity contribution in [3.05, 3.63) is 33.6 Å². The molecule has 8 nitrogen and oxygen atoms in total. The van der Waals surface area contributed by atoms with E-state index < -0.39 is 10.9 Å². The molecule has 0 bridgehead atoms. The molecule has 0 aliphatic carbocycles. The maximum Gasteiger partial charge on any atom is 0.354 e. The number of nitro groups is 1. The van der Waals surface area contributed by atoms with Crippen molar-refractivity contribution in [2.45, 2.75) is 6.92 Å². The van der Waals surface area contributed by atoms with E-state index in [1.54, 1.807) is 0 Å². The number of aryl methyl sites for hydroxylation is 1. The van der Waals surface area contributed by atoms with Crippen LogP contribution in [0.3, 0.4) is 0 Å². The topological polar surface area (TPSA) is 112 Å². The number of nitrogens with zero attached hydrogens (tertiary/aromatic N) is 2. The molecule has 110 valence electrons. The summed E-state index contributed by atoms with van der Waals surface area (Å²) in [5.41, 5.74) is -0.257. The molecule has 0 saturated heterocycles. The Morgan fingerprint density at radius 1 is 1.33 bits per heavy atom. The maximum absolute atomic E-state index is 11.4. The minimum Gasteiger partial charge on any atom is -0.493 e. The van der Waals surface area contributed by atoms with Gasteiger partial charge in [-0.3, -0.25) is 10.1 Å². The van der Waals surface area contributed by atoms with Gasteiger partial charge in [-0.2, -0.15) is 0 Å². The van der Waals surface area contributed by atoms with Crippen LogP contribution in [0.1, 0.15) is 16.2 Å². The van der Waals surface area contributed by atoms with E-state index in [1.807, 2.05) is 0 Å². The van der Waals surface area contributed by atoms with E-state index in [-0.39, 0.29) is 34.0 Å². The smallest absolute Gasteiger partial charge is 0.354 e. The molecule has 0 amide bonds. The number of pyridine rings is 1. The van der Waals surface area contributed by atoms with Gasteiger partial charge in [0.25, 0.3) is 0 Å². The fourth-order valence-corrected chi connectivity index (χ4v) is 2.19. The SMILES string of the molecule is COc1cc2cc(C(=O)O)nc(C)c2c([N+](=O)[O-])c1OC. The number of fused-ring (bicyclic) bond motifs is 1. The number of nitro benzene ring substituents is 1. The number of rotatable bonds is 4. The van der Waals surface area contributed by atoms with Crippen LogP contribution in [0.4, 0.5) is 5.69 Å². The molecule has 1 aromatic carbocycles. The van der Waals surface area contributed by atoms with Crippen LogP contribution >= 0.6 is 0 Å². The number of carboxylic acids is 1. The van der Waals surface area contributed by atoms with Crippen LogP contribution < -0.4 is 9.47 Å². The summed E-state index contributed by atoms with van der Waals surface area (Å²) in [5.74, 6) is -1.08. The molecule has 0 radical (unpaired) electrons. The van der Waals surface area contributed by atoms with Gasteiger partial charge < -0.3 is 14.6 Å². The van der Waals surface area contributed by atoms with Crippen molar-refractivity contribution in [1.82, 2.24) is 4.98 Å². The van der Waals surface area contributed by atoms with Gasteiger partial charge in [-0.15, -0.1) is 0 Å². The summed E-state index contributed by atoms with van der Waals surface area (Å²) in [4.78, 5) is 25.7. The Kier molecular flexibility index (Phi) is 3.62. The van der Waals surface area contributed by atoms with Gasteiger partial charge in [0.05, 0.1) is 30.2 Å². The van der Waals surface area contributed by atoms with E-state index in [4.69, 9.17) is 14.6 Å². The van der Waals surface area contributed by atoms with E-state index in [9.17, 15) is 14.9 Å². The zero-order valence-corrected chi connectivity index (χ0v) is 11.5. The van der Waals surface area contributed by atoms with E-state index in [0.29, 0.717) is 5.39 Å². The van der Waals surface area contributed by atoms with E-state index in [0.717, 1.165) is 0 Å². The molecule has 2 aromatic rings. The number of carboxylic acid groups (broad SMARTS) is 1. The van der Waals surface area contributed by atoms with Crippen molar-refractivity contribution in [3.63, 3.8) is 0 Å². The lowest BCUT2D eigenvalue weighted by molar-refractivity contribution is -0.384. The predicted octanol–water partition coefficient (Wildman–Crippen LogP) is 2.17. The summed E-state index contributed by atoms with van der Waals surface area (Å²) in [5, 5.41) is 21.0. The summed E-state index contributed by atoms with van der Waals surface area (Å²) in [6, 6.07) is 2.75. The summed E-state index contributed by atoms with van der Waals surface area (Å²) >= 11 is 0. The number of ether oxygens (including phenoxy) is 2. The van der Waals surface area contributed by atoms with Crippen molar-refractivity contribution >= 4 is 22.4 Å². The van der Waals surface area contributed by atoms with Gasteiger partial charge in [0.15, 0.2) is 5.75 Å². The second-order valence-electron chi connectivity index (χ2n) is 4.21. The first-order chi connectivity index (χ1) is 9.90. The Balaban J connectivity index is 2.99. The van der Waals surface area contributed by atoms with E-state index >= 15 is 0 Å². The number of aromatic nitrogens is 1. The quantitative estimate of drug-likeness (QED) is 0.678. The first-order valence-electron chi connectivity index (χ1n) is 5.84. The van der Waals surface area contributed by atoms with Crippen LogP contribution in [0.5, 0.6) is 11.5 Å².